The highest BCUT2D eigenvalue weighted by Gasteiger charge is 2.53. The second kappa shape index (κ2) is 10.0. The Kier molecular flexibility index (Phi) is 7.28. The van der Waals surface area contributed by atoms with Crippen molar-refractivity contribution in [3.05, 3.63) is 46.4 Å². The van der Waals surface area contributed by atoms with E-state index in [0.29, 0.717) is 36.2 Å². The van der Waals surface area contributed by atoms with Gasteiger partial charge in [0.2, 0.25) is 5.95 Å². The molecular weight excluding hydrogens is 483 g/mol. The molecule has 3 unspecified atom stereocenters. The molecule has 3 aromatic rings. The van der Waals surface area contributed by atoms with Crippen LogP contribution in [0.2, 0.25) is 5.02 Å². The minimum atomic E-state index is -1.06. The minimum Gasteiger partial charge on any atom is -0.495 e. The maximum atomic E-state index is 13.2. The Morgan fingerprint density at radius 3 is 2.94 bits per heavy atom. The molecule has 1 aliphatic rings. The number of esters is 1. The molecule has 3 heterocycles. The lowest BCUT2D eigenvalue weighted by Crippen LogP contribution is -2.68. The fourth-order valence-electron chi connectivity index (χ4n) is 4.19. The lowest BCUT2D eigenvalue weighted by molar-refractivity contribution is -0.152. The zero-order chi connectivity index (χ0) is 23.6. The standard InChI is InChI=1S/C23H26Cl2N4O3S/c1-4-32-21(30)23(27-12-15-5-6-18(31-3)17(24)11-15)8-9-29(14(2)19(23)25)22-26-13-16-7-10-33-20(16)28-22/h5-7,10-11,13-14,19,27H,4,8-9,12H2,1-3H3. The normalized spacial score (nSPS) is 23.0. The summed E-state index contributed by atoms with van der Waals surface area (Å²) in [6.07, 6.45) is 2.27. The first-order chi connectivity index (χ1) is 15.9. The number of rotatable bonds is 7. The van der Waals surface area contributed by atoms with Gasteiger partial charge in [-0.3, -0.25) is 5.32 Å². The van der Waals surface area contributed by atoms with Gasteiger partial charge in [-0.15, -0.1) is 22.9 Å². The van der Waals surface area contributed by atoms with Gasteiger partial charge in [0, 0.05) is 30.7 Å². The third kappa shape index (κ3) is 4.62. The first kappa shape index (κ1) is 24.0. The van der Waals surface area contributed by atoms with Crippen LogP contribution < -0.4 is 15.0 Å². The second-order valence-electron chi connectivity index (χ2n) is 7.95. The molecule has 3 atom stereocenters. The van der Waals surface area contributed by atoms with Crippen LogP contribution in [-0.4, -0.2) is 53.2 Å². The molecule has 0 spiro atoms. The lowest BCUT2D eigenvalue weighted by atomic mass is 9.82. The number of nitrogens with one attached hydrogen (secondary N) is 1. The molecule has 0 amide bonds. The number of hydrogen-bond donors (Lipinski definition) is 1. The van der Waals surface area contributed by atoms with E-state index in [2.05, 4.69) is 15.2 Å². The molecule has 33 heavy (non-hydrogen) atoms. The predicted molar refractivity (Wildman–Crippen MR) is 133 cm³/mol. The van der Waals surface area contributed by atoms with E-state index >= 15 is 0 Å². The van der Waals surface area contributed by atoms with Crippen molar-refractivity contribution in [2.45, 2.75) is 43.8 Å². The molecule has 0 bridgehead atoms. The molecule has 0 saturated carbocycles. The van der Waals surface area contributed by atoms with E-state index in [-0.39, 0.29) is 18.6 Å². The fraction of sp³-hybridized carbons (Fsp3) is 0.435. The quantitative estimate of drug-likeness (QED) is 0.367. The number of thiophene rings is 1. The predicted octanol–water partition coefficient (Wildman–Crippen LogP) is 4.65. The van der Waals surface area contributed by atoms with Crippen molar-refractivity contribution in [1.29, 1.82) is 0 Å². The Labute approximate surface area is 207 Å². The highest BCUT2D eigenvalue weighted by molar-refractivity contribution is 7.16. The topological polar surface area (TPSA) is 76.6 Å². The van der Waals surface area contributed by atoms with Crippen LogP contribution in [-0.2, 0) is 16.1 Å². The number of methoxy groups -OCH3 is 1. The number of halogens is 2. The van der Waals surface area contributed by atoms with Crippen molar-refractivity contribution in [3.63, 3.8) is 0 Å². The molecule has 10 heteroatoms. The van der Waals surface area contributed by atoms with Crippen LogP contribution in [0.3, 0.4) is 0 Å². The van der Waals surface area contributed by atoms with Crippen LogP contribution in [0.5, 0.6) is 5.75 Å². The van der Waals surface area contributed by atoms with Gasteiger partial charge < -0.3 is 14.4 Å². The Bertz CT molecular complexity index is 1140. The van der Waals surface area contributed by atoms with Crippen molar-refractivity contribution in [1.82, 2.24) is 15.3 Å². The zero-order valence-corrected chi connectivity index (χ0v) is 21.0. The van der Waals surface area contributed by atoms with E-state index in [1.54, 1.807) is 31.4 Å². The Morgan fingerprint density at radius 1 is 1.39 bits per heavy atom. The van der Waals surface area contributed by atoms with E-state index < -0.39 is 10.9 Å². The summed E-state index contributed by atoms with van der Waals surface area (Å²) in [7, 11) is 1.57. The van der Waals surface area contributed by atoms with Gasteiger partial charge in [0.15, 0.2) is 0 Å². The van der Waals surface area contributed by atoms with Crippen molar-refractivity contribution < 1.29 is 14.3 Å². The molecular formula is C23H26Cl2N4O3S. The van der Waals surface area contributed by atoms with E-state index in [9.17, 15) is 4.79 Å². The molecule has 4 rings (SSSR count). The Balaban J connectivity index is 1.58. The van der Waals surface area contributed by atoms with Crippen LogP contribution in [0, 0.1) is 0 Å². The number of aromatic nitrogens is 2. The molecule has 0 aliphatic carbocycles. The van der Waals surface area contributed by atoms with Gasteiger partial charge in [0.1, 0.15) is 16.1 Å². The van der Waals surface area contributed by atoms with Crippen molar-refractivity contribution in [2.24, 2.45) is 0 Å². The summed E-state index contributed by atoms with van der Waals surface area (Å²) in [6, 6.07) is 7.31. The summed E-state index contributed by atoms with van der Waals surface area (Å²) in [5.74, 6) is 0.855. The van der Waals surface area contributed by atoms with Gasteiger partial charge in [0.25, 0.3) is 0 Å². The smallest absolute Gasteiger partial charge is 0.328 e. The van der Waals surface area contributed by atoms with Crippen LogP contribution in [0.15, 0.2) is 35.8 Å². The SMILES string of the molecule is CCOC(=O)C1(NCc2ccc(OC)c(Cl)c2)CCN(c2ncc3ccsc3n2)C(C)C1Cl. The monoisotopic (exact) mass is 508 g/mol. The van der Waals surface area contributed by atoms with Gasteiger partial charge in [-0.05, 0) is 49.4 Å². The number of piperidine rings is 1. The highest BCUT2D eigenvalue weighted by atomic mass is 35.5. The van der Waals surface area contributed by atoms with Crippen LogP contribution in [0.25, 0.3) is 10.2 Å². The van der Waals surface area contributed by atoms with E-state index in [1.807, 2.05) is 36.7 Å². The van der Waals surface area contributed by atoms with Gasteiger partial charge >= 0.3 is 5.97 Å². The average molecular weight is 509 g/mol. The summed E-state index contributed by atoms with van der Waals surface area (Å²) >= 11 is 14.9. The molecule has 176 valence electrons. The summed E-state index contributed by atoms with van der Waals surface area (Å²) in [5.41, 5.74) is -0.151. The number of carbonyl (C=O) groups excluding carboxylic acids is 1. The number of carbonyl (C=O) groups is 1. The third-order valence-electron chi connectivity index (χ3n) is 6.05. The summed E-state index contributed by atoms with van der Waals surface area (Å²) in [4.78, 5) is 25.4. The lowest BCUT2D eigenvalue weighted by Gasteiger charge is -2.47. The zero-order valence-electron chi connectivity index (χ0n) is 18.7. The number of ether oxygens (including phenoxy) is 2. The van der Waals surface area contributed by atoms with Crippen molar-refractivity contribution in [2.75, 3.05) is 25.2 Å². The summed E-state index contributed by atoms with van der Waals surface area (Å²) in [5, 5.41) is 6.34. The maximum absolute atomic E-state index is 13.2. The molecule has 2 aromatic heterocycles. The molecule has 1 fully saturated rings. The number of anilines is 1. The number of alkyl halides is 1. The van der Waals surface area contributed by atoms with Gasteiger partial charge in [-0.2, -0.15) is 0 Å². The van der Waals surface area contributed by atoms with E-state index in [0.717, 1.165) is 15.8 Å². The molecule has 1 saturated heterocycles. The summed E-state index contributed by atoms with van der Waals surface area (Å²) in [6.45, 7) is 5.00. The summed E-state index contributed by atoms with van der Waals surface area (Å²) < 4.78 is 10.7. The maximum Gasteiger partial charge on any atom is 0.328 e. The number of hydrogen-bond acceptors (Lipinski definition) is 8. The van der Waals surface area contributed by atoms with E-state index in [1.165, 1.54) is 0 Å². The second-order valence-corrected chi connectivity index (χ2v) is 9.72. The van der Waals surface area contributed by atoms with E-state index in [4.69, 9.17) is 37.7 Å². The minimum absolute atomic E-state index is 0.214. The first-order valence-corrected chi connectivity index (χ1v) is 12.4. The Hall–Kier alpha value is -2.13. The molecule has 1 aromatic carbocycles. The number of fused-ring (bicyclic) bond motifs is 1. The van der Waals surface area contributed by atoms with Gasteiger partial charge in [0.05, 0.1) is 24.1 Å². The number of nitrogens with zero attached hydrogens (tertiary/aromatic N) is 3. The third-order valence-corrected chi connectivity index (χ3v) is 7.90. The van der Waals surface area contributed by atoms with Crippen LogP contribution >= 0.6 is 34.5 Å². The van der Waals surface area contributed by atoms with Gasteiger partial charge in [-0.1, -0.05) is 17.7 Å². The molecule has 1 aliphatic heterocycles. The fourth-order valence-corrected chi connectivity index (χ4v) is 5.61. The highest BCUT2D eigenvalue weighted by Crippen LogP contribution is 2.36. The van der Waals surface area contributed by atoms with Crippen LogP contribution in [0.4, 0.5) is 5.95 Å². The van der Waals surface area contributed by atoms with Crippen molar-refractivity contribution in [3.8, 4) is 5.75 Å². The molecule has 7 nitrogen and oxygen atoms in total. The number of benzene rings is 1. The molecule has 1 N–H and O–H groups in total. The molecule has 0 radical (unpaired) electrons. The Morgan fingerprint density at radius 2 is 2.21 bits per heavy atom. The van der Waals surface area contributed by atoms with Gasteiger partial charge in [-0.25, -0.2) is 14.8 Å². The largest absolute Gasteiger partial charge is 0.495 e. The van der Waals surface area contributed by atoms with Crippen LogP contribution in [0.1, 0.15) is 25.8 Å². The first-order valence-electron chi connectivity index (χ1n) is 10.7. The average Bonchev–Trinajstić information content (AvgIpc) is 3.28. The van der Waals surface area contributed by atoms with Crippen molar-refractivity contribution >= 4 is 56.7 Å².